The molecule has 2 heteroatoms. The molecule has 0 unspecified atom stereocenters. The molecular weight excluding hydrogens is 184 g/mol. The zero-order valence-electron chi connectivity index (χ0n) is 8.83. The van der Waals surface area contributed by atoms with Crippen LogP contribution in [-0.4, -0.2) is 9.97 Å². The molecule has 0 radical (unpaired) electrons. The summed E-state index contributed by atoms with van der Waals surface area (Å²) in [6.07, 6.45) is 0. The maximum atomic E-state index is 4.52. The van der Waals surface area contributed by atoms with Crippen molar-refractivity contribution in [3.05, 3.63) is 41.7 Å². The molecule has 0 spiro atoms. The zero-order valence-corrected chi connectivity index (χ0v) is 8.83. The lowest BCUT2D eigenvalue weighted by atomic mass is 10.1. The summed E-state index contributed by atoms with van der Waals surface area (Å²) in [6.45, 7) is 4.10. The highest BCUT2D eigenvalue weighted by Gasteiger charge is 2.03. The monoisotopic (exact) mass is 196 g/mol. The number of H-pyrrole nitrogens is 1. The molecule has 0 saturated carbocycles. The lowest BCUT2D eigenvalue weighted by Gasteiger charge is -1.99. The maximum Gasteiger partial charge on any atom is 0.0712 e. The summed E-state index contributed by atoms with van der Waals surface area (Å²) in [6, 6.07) is 10.5. The van der Waals surface area contributed by atoms with E-state index in [-0.39, 0.29) is 0 Å². The van der Waals surface area contributed by atoms with E-state index in [1.807, 2.05) is 6.92 Å². The molecular formula is C13H12N2. The first kappa shape index (κ1) is 8.48. The average molecular weight is 196 g/mol. The van der Waals surface area contributed by atoms with E-state index in [4.69, 9.17) is 0 Å². The molecule has 0 bridgehead atoms. The fraction of sp³-hybridized carbons (Fsp3) is 0.154. The smallest absolute Gasteiger partial charge is 0.0712 e. The van der Waals surface area contributed by atoms with E-state index in [9.17, 15) is 0 Å². The van der Waals surface area contributed by atoms with Gasteiger partial charge in [-0.25, -0.2) is 0 Å². The van der Waals surface area contributed by atoms with Crippen molar-refractivity contribution in [3.63, 3.8) is 0 Å². The Morgan fingerprint density at radius 2 is 1.87 bits per heavy atom. The highest BCUT2D eigenvalue weighted by Crippen LogP contribution is 2.24. The summed E-state index contributed by atoms with van der Waals surface area (Å²) in [5.74, 6) is 0. The van der Waals surface area contributed by atoms with Crippen molar-refractivity contribution in [2.45, 2.75) is 13.8 Å². The third-order valence-corrected chi connectivity index (χ3v) is 2.74. The van der Waals surface area contributed by atoms with Gasteiger partial charge in [-0.05, 0) is 38.1 Å². The first-order valence-electron chi connectivity index (χ1n) is 5.10. The first-order valence-corrected chi connectivity index (χ1v) is 5.10. The first-order chi connectivity index (χ1) is 7.24. The second-order valence-corrected chi connectivity index (χ2v) is 4.00. The normalized spacial score (nSPS) is 11.3. The van der Waals surface area contributed by atoms with E-state index in [2.05, 4.69) is 47.2 Å². The molecule has 3 aromatic rings. The molecule has 0 aliphatic carbocycles. The van der Waals surface area contributed by atoms with Gasteiger partial charge in [-0.3, -0.25) is 4.98 Å². The van der Waals surface area contributed by atoms with Gasteiger partial charge in [0.2, 0.25) is 0 Å². The number of aromatic nitrogens is 2. The lowest BCUT2D eigenvalue weighted by Crippen LogP contribution is -1.82. The van der Waals surface area contributed by atoms with Gasteiger partial charge in [0.05, 0.1) is 5.52 Å². The van der Waals surface area contributed by atoms with E-state index in [1.165, 1.54) is 22.0 Å². The molecule has 1 N–H and O–H groups in total. The number of nitrogens with one attached hydrogen (secondary N) is 1. The van der Waals surface area contributed by atoms with E-state index >= 15 is 0 Å². The minimum atomic E-state index is 1.06. The molecule has 0 amide bonds. The van der Waals surface area contributed by atoms with Crippen molar-refractivity contribution in [3.8, 4) is 0 Å². The average Bonchev–Trinajstić information content (AvgIpc) is 2.58. The van der Waals surface area contributed by atoms with Crippen molar-refractivity contribution in [2.24, 2.45) is 0 Å². The van der Waals surface area contributed by atoms with Gasteiger partial charge in [0.25, 0.3) is 0 Å². The van der Waals surface area contributed by atoms with Crippen LogP contribution >= 0.6 is 0 Å². The number of aryl methyl sites for hydroxylation is 2. The number of pyridine rings is 1. The summed E-state index contributed by atoms with van der Waals surface area (Å²) < 4.78 is 0. The van der Waals surface area contributed by atoms with Gasteiger partial charge in [-0.2, -0.15) is 0 Å². The number of nitrogens with zero attached hydrogens (tertiary/aromatic N) is 1. The molecule has 1 aromatic carbocycles. The van der Waals surface area contributed by atoms with Gasteiger partial charge >= 0.3 is 0 Å². The lowest BCUT2D eigenvalue weighted by molar-refractivity contribution is 1.26. The Kier molecular flexibility index (Phi) is 1.60. The predicted molar refractivity (Wildman–Crippen MR) is 63.1 cm³/mol. The van der Waals surface area contributed by atoms with Gasteiger partial charge in [0.15, 0.2) is 0 Å². The molecule has 15 heavy (non-hydrogen) atoms. The predicted octanol–water partition coefficient (Wildman–Crippen LogP) is 3.33. The van der Waals surface area contributed by atoms with E-state index in [0.29, 0.717) is 0 Å². The largest absolute Gasteiger partial charge is 0.359 e. The van der Waals surface area contributed by atoms with Crippen molar-refractivity contribution >= 4 is 21.8 Å². The molecule has 3 rings (SSSR count). The molecule has 2 nitrogen and oxygen atoms in total. The van der Waals surface area contributed by atoms with Crippen LogP contribution in [0.2, 0.25) is 0 Å². The molecule has 74 valence electrons. The van der Waals surface area contributed by atoms with Crippen LogP contribution in [-0.2, 0) is 0 Å². The quantitative estimate of drug-likeness (QED) is 0.587. The van der Waals surface area contributed by atoms with Crippen LogP contribution in [0.3, 0.4) is 0 Å². The van der Waals surface area contributed by atoms with Crippen LogP contribution in [0.5, 0.6) is 0 Å². The van der Waals surface area contributed by atoms with Crippen molar-refractivity contribution in [1.29, 1.82) is 0 Å². The number of hydrogen-bond acceptors (Lipinski definition) is 1. The Bertz CT molecular complexity index is 650. The Balaban J connectivity index is 2.53. The number of benzene rings is 1. The summed E-state index contributed by atoms with van der Waals surface area (Å²) >= 11 is 0. The van der Waals surface area contributed by atoms with Crippen LogP contribution in [0.4, 0.5) is 0 Å². The van der Waals surface area contributed by atoms with Gasteiger partial charge < -0.3 is 4.98 Å². The van der Waals surface area contributed by atoms with Crippen LogP contribution in [0.1, 0.15) is 11.4 Å². The van der Waals surface area contributed by atoms with Crippen LogP contribution < -0.4 is 0 Å². The molecule has 2 aromatic heterocycles. The van der Waals surface area contributed by atoms with E-state index in [0.717, 1.165) is 11.2 Å². The van der Waals surface area contributed by atoms with Gasteiger partial charge in [0.1, 0.15) is 0 Å². The van der Waals surface area contributed by atoms with E-state index in [1.54, 1.807) is 0 Å². The van der Waals surface area contributed by atoms with Crippen LogP contribution in [0.15, 0.2) is 30.3 Å². The molecule has 2 heterocycles. The number of hydrogen-bond donors (Lipinski definition) is 1. The summed E-state index contributed by atoms with van der Waals surface area (Å²) in [5.41, 5.74) is 4.51. The molecule has 0 fully saturated rings. The molecule has 0 aliphatic heterocycles. The SMILES string of the molecule is Cc1ccc2c(ccc3[nH]c(C)cc32)n1. The third kappa shape index (κ3) is 1.22. The van der Waals surface area contributed by atoms with Gasteiger partial charge in [-0.15, -0.1) is 0 Å². The third-order valence-electron chi connectivity index (χ3n) is 2.74. The minimum Gasteiger partial charge on any atom is -0.359 e. The van der Waals surface area contributed by atoms with Crippen molar-refractivity contribution < 1.29 is 0 Å². The van der Waals surface area contributed by atoms with Gasteiger partial charge in [0, 0.05) is 27.7 Å². The summed E-state index contributed by atoms with van der Waals surface area (Å²) in [7, 11) is 0. The number of rotatable bonds is 0. The Morgan fingerprint density at radius 3 is 2.73 bits per heavy atom. The molecule has 0 atom stereocenters. The topological polar surface area (TPSA) is 28.7 Å². The Morgan fingerprint density at radius 1 is 1.00 bits per heavy atom. The second kappa shape index (κ2) is 2.83. The van der Waals surface area contributed by atoms with Crippen LogP contribution in [0, 0.1) is 13.8 Å². The molecule has 0 saturated heterocycles. The van der Waals surface area contributed by atoms with E-state index < -0.39 is 0 Å². The Hall–Kier alpha value is -1.83. The minimum absolute atomic E-state index is 1.06. The zero-order chi connectivity index (χ0) is 10.4. The highest BCUT2D eigenvalue weighted by atomic mass is 14.7. The van der Waals surface area contributed by atoms with Crippen molar-refractivity contribution in [1.82, 2.24) is 9.97 Å². The standard InChI is InChI=1S/C13H12N2/c1-8-3-4-10-11-7-9(2)15-13(11)6-5-12(10)14-8/h3-7,15H,1-2H3. The second-order valence-electron chi connectivity index (χ2n) is 4.00. The highest BCUT2D eigenvalue weighted by molar-refractivity contribution is 6.05. The maximum absolute atomic E-state index is 4.52. The fourth-order valence-electron chi connectivity index (χ4n) is 2.06. The Labute approximate surface area is 88.0 Å². The van der Waals surface area contributed by atoms with Crippen LogP contribution in [0.25, 0.3) is 21.8 Å². The number of aromatic amines is 1. The molecule has 0 aliphatic rings. The fourth-order valence-corrected chi connectivity index (χ4v) is 2.06. The van der Waals surface area contributed by atoms with Gasteiger partial charge in [-0.1, -0.05) is 6.07 Å². The summed E-state index contributed by atoms with van der Waals surface area (Å²) in [5, 5.41) is 2.49. The summed E-state index contributed by atoms with van der Waals surface area (Å²) in [4.78, 5) is 7.86. The van der Waals surface area contributed by atoms with Crippen molar-refractivity contribution in [2.75, 3.05) is 0 Å². The number of fused-ring (bicyclic) bond motifs is 3.